The van der Waals surface area contributed by atoms with Gasteiger partial charge in [0.15, 0.2) is 0 Å². The maximum atomic E-state index is 13.2. The van der Waals surface area contributed by atoms with Gasteiger partial charge in [-0.15, -0.1) is 0 Å². The number of hydrogen-bond acceptors (Lipinski definition) is 5. The SMILES string of the molecule is COC[C@@H]1COc2c([SH](N)(=O)NC(=O)Nc3c4c(cc5c3CCC5)CCC4)cnn21. The topological polar surface area (TPSA) is 120 Å². The molecule has 0 radical (unpaired) electrons. The number of ether oxygens (including phenoxy) is 2. The number of aromatic nitrogens is 2. The average Bonchev–Trinajstić information content (AvgIpc) is 3.46. The first-order valence-corrected chi connectivity index (χ1v) is 12.1. The van der Waals surface area contributed by atoms with Crippen molar-refractivity contribution in [3.63, 3.8) is 0 Å². The molecule has 0 bridgehead atoms. The molecule has 0 saturated carbocycles. The third kappa shape index (κ3) is 3.19. The van der Waals surface area contributed by atoms with Crippen LogP contribution in [0.3, 0.4) is 0 Å². The lowest BCUT2D eigenvalue weighted by Crippen LogP contribution is -2.45. The van der Waals surface area contributed by atoms with Crippen molar-refractivity contribution >= 4 is 22.0 Å². The molecule has 1 aromatic heterocycles. The molecule has 162 valence electrons. The Labute approximate surface area is 176 Å². The molecule has 2 aromatic rings. The number of fused-ring (bicyclic) bond motifs is 3. The zero-order chi connectivity index (χ0) is 20.9. The van der Waals surface area contributed by atoms with Gasteiger partial charge in [0.2, 0.25) is 5.88 Å². The highest BCUT2D eigenvalue weighted by molar-refractivity contribution is 7.99. The zero-order valence-corrected chi connectivity index (χ0v) is 17.8. The fourth-order valence-electron chi connectivity index (χ4n) is 4.85. The number of urea groups is 1. The van der Waals surface area contributed by atoms with Crippen molar-refractivity contribution in [2.75, 3.05) is 25.6 Å². The first-order chi connectivity index (χ1) is 14.5. The van der Waals surface area contributed by atoms with Crippen molar-refractivity contribution in [2.45, 2.75) is 49.5 Å². The summed E-state index contributed by atoms with van der Waals surface area (Å²) in [6.45, 7) is 0.777. The summed E-state index contributed by atoms with van der Waals surface area (Å²) < 4.78 is 28.1. The molecule has 4 N–H and O–H groups in total. The largest absolute Gasteiger partial charge is 0.475 e. The zero-order valence-electron chi connectivity index (χ0n) is 16.9. The van der Waals surface area contributed by atoms with Gasteiger partial charge in [0.25, 0.3) is 0 Å². The van der Waals surface area contributed by atoms with Crippen molar-refractivity contribution in [1.82, 2.24) is 14.5 Å². The van der Waals surface area contributed by atoms with E-state index in [2.05, 4.69) is 21.2 Å². The van der Waals surface area contributed by atoms with Crippen LogP contribution in [0.2, 0.25) is 0 Å². The van der Waals surface area contributed by atoms with Crippen LogP contribution in [0.5, 0.6) is 5.88 Å². The maximum absolute atomic E-state index is 13.2. The van der Waals surface area contributed by atoms with Gasteiger partial charge in [0.05, 0.1) is 12.8 Å². The number of anilines is 1. The Bertz CT molecular complexity index is 1030. The molecule has 10 heteroatoms. The number of methoxy groups -OCH3 is 1. The number of benzene rings is 1. The second-order valence-electron chi connectivity index (χ2n) is 8.16. The van der Waals surface area contributed by atoms with Crippen molar-refractivity contribution in [3.05, 3.63) is 34.5 Å². The predicted molar refractivity (Wildman–Crippen MR) is 113 cm³/mol. The van der Waals surface area contributed by atoms with Gasteiger partial charge in [-0.3, -0.25) is 9.86 Å². The third-order valence-electron chi connectivity index (χ3n) is 6.19. The number of thiol groups is 1. The number of carbonyl (C=O) groups excluding carboxylic acids is 1. The van der Waals surface area contributed by atoms with Gasteiger partial charge in [0.1, 0.15) is 17.5 Å². The van der Waals surface area contributed by atoms with Gasteiger partial charge < -0.3 is 14.8 Å². The minimum atomic E-state index is -3.73. The number of rotatable bonds is 5. The van der Waals surface area contributed by atoms with Crippen molar-refractivity contribution in [1.29, 1.82) is 0 Å². The Morgan fingerprint density at radius 2 is 2.00 bits per heavy atom. The molecule has 1 atom stereocenters. The summed E-state index contributed by atoms with van der Waals surface area (Å²) in [5, 5.41) is 13.3. The fraction of sp³-hybridized carbons (Fsp3) is 0.500. The van der Waals surface area contributed by atoms with Crippen LogP contribution in [-0.4, -0.2) is 40.3 Å². The van der Waals surface area contributed by atoms with E-state index in [1.807, 2.05) is 0 Å². The molecule has 0 unspecified atom stereocenters. The smallest absolute Gasteiger partial charge is 0.330 e. The minimum absolute atomic E-state index is 0.109. The van der Waals surface area contributed by atoms with E-state index in [1.54, 1.807) is 11.8 Å². The molecule has 1 aliphatic heterocycles. The monoisotopic (exact) mass is 433 g/mol. The molecule has 2 amide bonds. The second-order valence-corrected chi connectivity index (χ2v) is 10.2. The number of carbonyl (C=O) groups is 1. The van der Waals surface area contributed by atoms with Gasteiger partial charge in [0, 0.05) is 23.1 Å². The number of nitrogens with zero attached hydrogens (tertiary/aromatic N) is 2. The quantitative estimate of drug-likeness (QED) is 0.532. The second kappa shape index (κ2) is 7.36. The highest BCUT2D eigenvalue weighted by atomic mass is 32.3. The molecule has 2 aliphatic carbocycles. The van der Waals surface area contributed by atoms with E-state index in [9.17, 15) is 9.00 Å². The molecule has 30 heavy (non-hydrogen) atoms. The average molecular weight is 434 g/mol. The van der Waals surface area contributed by atoms with Crippen molar-refractivity contribution in [3.8, 4) is 5.88 Å². The van der Waals surface area contributed by atoms with E-state index in [-0.39, 0.29) is 10.9 Å². The Hall–Kier alpha value is -2.43. The van der Waals surface area contributed by atoms with Crippen LogP contribution < -0.4 is 19.9 Å². The van der Waals surface area contributed by atoms with E-state index in [0.29, 0.717) is 19.1 Å². The summed E-state index contributed by atoms with van der Waals surface area (Å²) in [7, 11) is -2.13. The summed E-state index contributed by atoms with van der Waals surface area (Å²) in [6.07, 6.45) is 7.55. The number of amides is 2. The van der Waals surface area contributed by atoms with Crippen LogP contribution in [0, 0.1) is 0 Å². The molecule has 1 aromatic carbocycles. The van der Waals surface area contributed by atoms with Gasteiger partial charge in [-0.05, 0) is 60.8 Å². The number of nitrogens with two attached hydrogens (primary N) is 1. The van der Waals surface area contributed by atoms with Crippen molar-refractivity contribution < 1.29 is 18.5 Å². The molecular formula is C20H27N5O4S. The molecule has 9 nitrogen and oxygen atoms in total. The molecule has 3 aliphatic rings. The molecule has 5 rings (SSSR count). The van der Waals surface area contributed by atoms with Crippen LogP contribution in [0.4, 0.5) is 10.5 Å². The lowest BCUT2D eigenvalue weighted by atomic mass is 9.99. The first kappa shape index (κ1) is 19.5. The lowest BCUT2D eigenvalue weighted by Gasteiger charge is -2.22. The van der Waals surface area contributed by atoms with Crippen molar-refractivity contribution in [2.24, 2.45) is 5.14 Å². The van der Waals surface area contributed by atoms with E-state index in [4.69, 9.17) is 14.6 Å². The summed E-state index contributed by atoms with van der Waals surface area (Å²) in [5.41, 5.74) is 5.92. The van der Waals surface area contributed by atoms with E-state index in [1.165, 1.54) is 28.5 Å². The van der Waals surface area contributed by atoms with Gasteiger partial charge in [-0.1, -0.05) is 6.07 Å². The standard InChI is InChI=1S/C20H27N5O4S/c1-28-10-14-11-29-19-17(9-22-25(14)19)30(21,27)24-20(26)23-18-15-6-2-4-12(15)8-13-5-3-7-16(13)18/h8-9,14,30H,2-7,10-11H2,1H3,(H4,21,23,24,26,27)/t14-/m1/s1. The first-order valence-electron chi connectivity index (χ1n) is 10.3. The number of hydrogen-bond donors (Lipinski definition) is 4. The minimum Gasteiger partial charge on any atom is -0.475 e. The molecule has 0 fully saturated rings. The van der Waals surface area contributed by atoms with E-state index in [0.717, 1.165) is 44.2 Å². The number of nitrogens with one attached hydrogen (secondary N) is 2. The molecule has 0 saturated heterocycles. The van der Waals surface area contributed by atoms with Crippen LogP contribution in [0.15, 0.2) is 17.2 Å². The Morgan fingerprint density at radius 3 is 2.67 bits per heavy atom. The highest BCUT2D eigenvalue weighted by Gasteiger charge is 2.33. The molecular weight excluding hydrogens is 406 g/mol. The van der Waals surface area contributed by atoms with Crippen LogP contribution >= 0.6 is 0 Å². The normalized spacial score (nSPS) is 19.7. The Balaban J connectivity index is 1.37. The Kier molecular flexibility index (Phi) is 4.79. The third-order valence-corrected chi connectivity index (χ3v) is 7.74. The van der Waals surface area contributed by atoms with Gasteiger partial charge >= 0.3 is 6.03 Å². The Morgan fingerprint density at radius 1 is 1.30 bits per heavy atom. The number of aryl methyl sites for hydroxylation is 2. The summed E-state index contributed by atoms with van der Waals surface area (Å²) in [4.78, 5) is 13.0. The van der Waals surface area contributed by atoms with Gasteiger partial charge in [-0.25, -0.2) is 13.7 Å². The summed E-state index contributed by atoms with van der Waals surface area (Å²) >= 11 is 0. The van der Waals surface area contributed by atoms with Crippen LogP contribution in [-0.2, 0) is 40.7 Å². The fourth-order valence-corrected chi connectivity index (χ4v) is 6.00. The summed E-state index contributed by atoms with van der Waals surface area (Å²) in [5.74, 6) is 0.324. The lowest BCUT2D eigenvalue weighted by molar-refractivity contribution is 0.145. The highest BCUT2D eigenvalue weighted by Crippen LogP contribution is 2.39. The van der Waals surface area contributed by atoms with E-state index >= 15 is 0 Å². The summed E-state index contributed by atoms with van der Waals surface area (Å²) in [6, 6.07) is 1.62. The van der Waals surface area contributed by atoms with Crippen LogP contribution in [0.25, 0.3) is 0 Å². The molecule has 2 heterocycles. The van der Waals surface area contributed by atoms with E-state index < -0.39 is 16.3 Å². The maximum Gasteiger partial charge on any atom is 0.330 e. The molecule has 0 spiro atoms. The van der Waals surface area contributed by atoms with Crippen LogP contribution in [0.1, 0.15) is 41.1 Å². The van der Waals surface area contributed by atoms with Gasteiger partial charge in [-0.2, -0.15) is 5.10 Å². The predicted octanol–water partition coefficient (Wildman–Crippen LogP) is 1.43.